The lowest BCUT2D eigenvalue weighted by molar-refractivity contribution is -0.142. The van der Waals surface area contributed by atoms with Gasteiger partial charge in [0.05, 0.1) is 30.4 Å². The number of phenolic OH excluding ortho intramolecular Hbond substituents is 1. The minimum atomic E-state index is -0.594. The molecule has 7 aromatic rings. The minimum absolute atomic E-state index is 0.0186. The first kappa shape index (κ1) is 45.7. The molecule has 0 bridgehead atoms. The lowest BCUT2D eigenvalue weighted by Gasteiger charge is -2.19. The Labute approximate surface area is 372 Å². The number of benzene rings is 4. The molecule has 322 valence electrons. The summed E-state index contributed by atoms with van der Waals surface area (Å²) in [5, 5.41) is 15.5. The van der Waals surface area contributed by atoms with Crippen molar-refractivity contribution in [2.75, 3.05) is 13.7 Å². The van der Waals surface area contributed by atoms with Gasteiger partial charge in [-0.2, -0.15) is 0 Å². The predicted molar refractivity (Wildman–Crippen MR) is 246 cm³/mol. The second-order valence-corrected chi connectivity index (χ2v) is 15.8. The molecular weight excluding hydrogens is 811 g/mol. The zero-order valence-corrected chi connectivity index (χ0v) is 36.4. The molecule has 12 heteroatoms. The van der Waals surface area contributed by atoms with E-state index < -0.39 is 18.1 Å². The summed E-state index contributed by atoms with van der Waals surface area (Å²) in [7, 11) is 1.31. The number of nitrogens with two attached hydrogens (primary N) is 1. The first-order chi connectivity index (χ1) is 30.5. The first-order valence-electron chi connectivity index (χ1n) is 20.5. The van der Waals surface area contributed by atoms with E-state index in [-0.39, 0.29) is 36.8 Å². The quantitative estimate of drug-likeness (QED) is 0.0716. The summed E-state index contributed by atoms with van der Waals surface area (Å²) < 4.78 is 10.5. The number of carbonyl (C=O) groups is 3. The second kappa shape index (κ2) is 22.8. The van der Waals surface area contributed by atoms with Gasteiger partial charge in [0, 0.05) is 59.7 Å². The molecule has 2 atom stereocenters. The summed E-state index contributed by atoms with van der Waals surface area (Å²) in [5.41, 5.74) is 17.8. The number of pyridine rings is 2. The van der Waals surface area contributed by atoms with Crippen LogP contribution < -0.4 is 15.8 Å². The Balaban J connectivity index is 0.000000223. The van der Waals surface area contributed by atoms with Crippen molar-refractivity contribution in [2.24, 2.45) is 5.73 Å². The molecule has 0 aliphatic heterocycles. The van der Waals surface area contributed by atoms with E-state index in [2.05, 4.69) is 20.3 Å². The van der Waals surface area contributed by atoms with E-state index in [0.717, 1.165) is 50.5 Å². The van der Waals surface area contributed by atoms with Crippen molar-refractivity contribution in [1.82, 2.24) is 20.3 Å². The van der Waals surface area contributed by atoms with Gasteiger partial charge in [0.25, 0.3) is 0 Å². The molecule has 7 rings (SSSR count). The molecule has 0 unspecified atom stereocenters. The number of ketones is 2. The fourth-order valence-electron chi connectivity index (χ4n) is 6.90. The highest BCUT2D eigenvalue weighted by Crippen LogP contribution is 2.29. The van der Waals surface area contributed by atoms with Gasteiger partial charge in [-0.05, 0) is 109 Å². The Bertz CT molecular complexity index is 2590. The zero-order valence-electron chi connectivity index (χ0n) is 35.6. The fraction of sp³-hybridized carbons (Fsp3) is 0.216. The number of thiazole rings is 1. The number of aromatic nitrogens is 3. The van der Waals surface area contributed by atoms with Crippen molar-refractivity contribution in [3.63, 3.8) is 0 Å². The van der Waals surface area contributed by atoms with Gasteiger partial charge in [-0.25, -0.2) is 9.78 Å². The normalized spacial score (nSPS) is 11.7. The van der Waals surface area contributed by atoms with Crippen molar-refractivity contribution in [1.29, 1.82) is 0 Å². The van der Waals surface area contributed by atoms with Crippen molar-refractivity contribution < 1.29 is 29.0 Å². The maximum Gasteiger partial charge on any atom is 0.343 e. The van der Waals surface area contributed by atoms with Gasteiger partial charge in [0.1, 0.15) is 11.5 Å². The van der Waals surface area contributed by atoms with Crippen LogP contribution in [0.15, 0.2) is 145 Å². The molecule has 0 saturated carbocycles. The molecule has 3 heterocycles. The molecule has 0 fully saturated rings. The molecule has 0 spiro atoms. The third kappa shape index (κ3) is 13.8. The number of aryl methyl sites for hydroxylation is 2. The molecule has 4 N–H and O–H groups in total. The summed E-state index contributed by atoms with van der Waals surface area (Å²) in [6, 6.07) is 37.4. The van der Waals surface area contributed by atoms with Crippen LogP contribution in [0, 0.1) is 13.8 Å². The third-order valence-electron chi connectivity index (χ3n) is 10.3. The Hall–Kier alpha value is -6.86. The molecule has 3 aromatic heterocycles. The van der Waals surface area contributed by atoms with Gasteiger partial charge in [-0.1, -0.05) is 72.8 Å². The molecule has 0 aliphatic rings. The van der Waals surface area contributed by atoms with Crippen LogP contribution in [0.2, 0.25) is 0 Å². The Kier molecular flexibility index (Phi) is 16.5. The van der Waals surface area contributed by atoms with Gasteiger partial charge >= 0.3 is 5.97 Å². The van der Waals surface area contributed by atoms with Crippen LogP contribution in [-0.4, -0.2) is 63.4 Å². The second-order valence-electron chi connectivity index (χ2n) is 15.1. The Morgan fingerprint density at radius 2 is 1.27 bits per heavy atom. The van der Waals surface area contributed by atoms with E-state index in [4.69, 9.17) is 15.2 Å². The smallest absolute Gasteiger partial charge is 0.343 e. The van der Waals surface area contributed by atoms with E-state index in [1.54, 1.807) is 30.0 Å². The van der Waals surface area contributed by atoms with Gasteiger partial charge in [-0.3, -0.25) is 19.6 Å². The standard InChI is InChI=1S/C29H29N3O4S.C22H22N2O2/c1-20-12-23(10-11-30-20)22-8-9-28(36-17-29(34)35-2)24(14-22)15-27(33)26(13-21-6-4-3-5-7-21)31-16-25-18-37-19-32-25;1-15-11-18(9-10-24-15)17-7-8-21(25)19(13-17)14-22(26)20(23)12-16-5-3-2-4-6-16/h3-12,14,18-19,26,31H,13,15-17H2,1-2H3;2-11,13,20,25H,12,14,23H2,1H3/t26-;20-/m00/s1. The third-order valence-corrected chi connectivity index (χ3v) is 10.9. The lowest BCUT2D eigenvalue weighted by atomic mass is 9.95. The number of nitrogens with zero attached hydrogens (tertiary/aromatic N) is 3. The number of esters is 1. The van der Waals surface area contributed by atoms with Crippen LogP contribution in [-0.2, 0) is 51.3 Å². The topological polar surface area (TPSA) is 167 Å². The summed E-state index contributed by atoms with van der Waals surface area (Å²) in [5.74, 6) is 0.0290. The largest absolute Gasteiger partial charge is 0.508 e. The summed E-state index contributed by atoms with van der Waals surface area (Å²) in [6.07, 6.45) is 4.79. The van der Waals surface area contributed by atoms with Gasteiger partial charge in [0.2, 0.25) is 0 Å². The number of nitrogens with one attached hydrogen (secondary N) is 1. The van der Waals surface area contributed by atoms with E-state index in [9.17, 15) is 19.5 Å². The number of carbonyl (C=O) groups excluding carboxylic acids is 3. The van der Waals surface area contributed by atoms with Crippen LogP contribution in [0.25, 0.3) is 22.3 Å². The molecular formula is C51H51N5O6S. The van der Waals surface area contributed by atoms with E-state index in [1.807, 2.05) is 128 Å². The monoisotopic (exact) mass is 861 g/mol. The van der Waals surface area contributed by atoms with Crippen LogP contribution >= 0.6 is 11.3 Å². The highest BCUT2D eigenvalue weighted by atomic mass is 32.1. The number of aromatic hydroxyl groups is 1. The molecule has 0 aliphatic carbocycles. The van der Waals surface area contributed by atoms with Crippen molar-refractivity contribution >= 4 is 28.9 Å². The molecule has 4 aromatic carbocycles. The van der Waals surface area contributed by atoms with Crippen LogP contribution in [0.4, 0.5) is 0 Å². The van der Waals surface area contributed by atoms with Gasteiger partial charge in [-0.15, -0.1) is 11.3 Å². The number of rotatable bonds is 18. The lowest BCUT2D eigenvalue weighted by Crippen LogP contribution is -2.39. The summed E-state index contributed by atoms with van der Waals surface area (Å²) >= 11 is 1.52. The molecule has 0 saturated heterocycles. The molecule has 0 amide bonds. The number of ether oxygens (including phenoxy) is 2. The summed E-state index contributed by atoms with van der Waals surface area (Å²) in [6.45, 7) is 4.12. The van der Waals surface area contributed by atoms with Crippen molar-refractivity contribution in [3.05, 3.63) is 184 Å². The SMILES string of the molecule is COC(=O)COc1ccc(-c2ccnc(C)c2)cc1CC(=O)[C@H](Cc1ccccc1)NCc1cscn1.Cc1cc(-c2ccc(O)c(CC(=O)[C@@H](N)Cc3ccccc3)c2)ccn1. The first-order valence-corrected chi connectivity index (χ1v) is 21.5. The van der Waals surface area contributed by atoms with E-state index in [0.29, 0.717) is 36.3 Å². The number of phenols is 1. The average molecular weight is 862 g/mol. The highest BCUT2D eigenvalue weighted by Gasteiger charge is 2.22. The maximum absolute atomic E-state index is 13.7. The molecule has 0 radical (unpaired) electrons. The minimum Gasteiger partial charge on any atom is -0.508 e. The van der Waals surface area contributed by atoms with Gasteiger partial charge in [0.15, 0.2) is 18.2 Å². The summed E-state index contributed by atoms with van der Waals surface area (Å²) in [4.78, 5) is 50.7. The fourth-order valence-corrected chi connectivity index (χ4v) is 7.46. The zero-order chi connectivity index (χ0) is 44.6. The van der Waals surface area contributed by atoms with Gasteiger partial charge < -0.3 is 25.6 Å². The molecule has 11 nitrogen and oxygen atoms in total. The number of Topliss-reactive ketones (excluding diaryl/α,β-unsaturated/α-hetero) is 2. The number of hydrogen-bond donors (Lipinski definition) is 3. The van der Waals surface area contributed by atoms with Crippen molar-refractivity contribution in [3.8, 4) is 33.8 Å². The van der Waals surface area contributed by atoms with Crippen LogP contribution in [0.5, 0.6) is 11.5 Å². The van der Waals surface area contributed by atoms with Crippen molar-refractivity contribution in [2.45, 2.75) is 58.2 Å². The van der Waals surface area contributed by atoms with E-state index >= 15 is 0 Å². The predicted octanol–water partition coefficient (Wildman–Crippen LogP) is 8.02. The maximum atomic E-state index is 13.7. The van der Waals surface area contributed by atoms with Crippen LogP contribution in [0.3, 0.4) is 0 Å². The number of hydrogen-bond acceptors (Lipinski definition) is 12. The average Bonchev–Trinajstić information content (AvgIpc) is 3.83. The molecule has 63 heavy (non-hydrogen) atoms. The number of methoxy groups -OCH3 is 1. The Morgan fingerprint density at radius 3 is 1.86 bits per heavy atom. The van der Waals surface area contributed by atoms with Crippen LogP contribution in [0.1, 0.15) is 39.3 Å². The Morgan fingerprint density at radius 1 is 0.698 bits per heavy atom. The highest BCUT2D eigenvalue weighted by molar-refractivity contribution is 7.07. The van der Waals surface area contributed by atoms with E-state index in [1.165, 1.54) is 18.4 Å².